The third-order valence-corrected chi connectivity index (χ3v) is 7.79. The number of hydrogen-bond acceptors (Lipinski definition) is 6. The van der Waals surface area contributed by atoms with Gasteiger partial charge in [0.25, 0.3) is 10.0 Å². The van der Waals surface area contributed by atoms with Crippen LogP contribution >= 0.6 is 11.3 Å². The molecule has 0 saturated carbocycles. The van der Waals surface area contributed by atoms with Gasteiger partial charge >= 0.3 is 0 Å². The summed E-state index contributed by atoms with van der Waals surface area (Å²) in [4.78, 5) is 12.6. The van der Waals surface area contributed by atoms with Crippen molar-refractivity contribution in [2.24, 2.45) is 0 Å². The first-order valence-electron chi connectivity index (χ1n) is 9.06. The van der Waals surface area contributed by atoms with Crippen molar-refractivity contribution in [3.8, 4) is 5.75 Å². The lowest BCUT2D eigenvalue weighted by Crippen LogP contribution is -2.45. The number of benzene rings is 1. The molecule has 7 nitrogen and oxygen atoms in total. The Morgan fingerprint density at radius 1 is 1.25 bits per heavy atom. The first-order chi connectivity index (χ1) is 13.5. The molecule has 1 amide bonds. The number of hydrogen-bond donors (Lipinski definition) is 1. The van der Waals surface area contributed by atoms with Crippen LogP contribution in [0.15, 0.2) is 46.0 Å². The summed E-state index contributed by atoms with van der Waals surface area (Å²) in [6.45, 7) is 1.69. The smallest absolute Gasteiger partial charge is 0.253 e. The fourth-order valence-electron chi connectivity index (χ4n) is 3.07. The van der Waals surface area contributed by atoms with E-state index in [1.165, 1.54) is 15.6 Å². The van der Waals surface area contributed by atoms with Gasteiger partial charge in [-0.05, 0) is 42.0 Å². The van der Waals surface area contributed by atoms with E-state index in [-0.39, 0.29) is 10.1 Å². The molecule has 1 aromatic heterocycles. The summed E-state index contributed by atoms with van der Waals surface area (Å²) in [7, 11) is -2.01. The average molecular weight is 425 g/mol. The SMILES string of the molecule is COCCOc1ccc(CNC(=O)C2CCCN2S(=O)(=O)c2cccs2)cc1. The molecule has 0 spiro atoms. The number of nitrogens with zero attached hydrogens (tertiary/aromatic N) is 1. The Kier molecular flexibility index (Phi) is 7.06. The number of nitrogens with one attached hydrogen (secondary N) is 1. The molecule has 152 valence electrons. The van der Waals surface area contributed by atoms with Gasteiger partial charge in [-0.1, -0.05) is 18.2 Å². The fraction of sp³-hybridized carbons (Fsp3) is 0.421. The van der Waals surface area contributed by atoms with Crippen molar-refractivity contribution in [2.45, 2.75) is 29.6 Å². The van der Waals surface area contributed by atoms with E-state index in [1.54, 1.807) is 24.6 Å². The van der Waals surface area contributed by atoms with Gasteiger partial charge in [-0.3, -0.25) is 4.79 Å². The van der Waals surface area contributed by atoms with Crippen LogP contribution in [0, 0.1) is 0 Å². The number of carbonyl (C=O) groups excluding carboxylic acids is 1. The summed E-state index contributed by atoms with van der Waals surface area (Å²) >= 11 is 1.17. The van der Waals surface area contributed by atoms with Gasteiger partial charge in [0.2, 0.25) is 5.91 Å². The Labute approximate surface area is 169 Å². The highest BCUT2D eigenvalue weighted by molar-refractivity contribution is 7.91. The summed E-state index contributed by atoms with van der Waals surface area (Å²) in [6, 6.07) is 10.0. The van der Waals surface area contributed by atoms with Gasteiger partial charge in [-0.15, -0.1) is 11.3 Å². The van der Waals surface area contributed by atoms with Gasteiger partial charge in [0, 0.05) is 20.2 Å². The quantitative estimate of drug-likeness (QED) is 0.624. The number of methoxy groups -OCH3 is 1. The van der Waals surface area contributed by atoms with Gasteiger partial charge in [0.15, 0.2) is 0 Å². The second kappa shape index (κ2) is 9.51. The summed E-state index contributed by atoms with van der Waals surface area (Å²) < 4.78 is 37.6. The predicted octanol–water partition coefficient (Wildman–Crippen LogP) is 2.24. The Hall–Kier alpha value is -1.94. The van der Waals surface area contributed by atoms with E-state index < -0.39 is 16.1 Å². The average Bonchev–Trinajstić information content (AvgIpc) is 3.39. The second-order valence-electron chi connectivity index (χ2n) is 6.41. The zero-order valence-electron chi connectivity index (χ0n) is 15.7. The van der Waals surface area contributed by atoms with E-state index in [9.17, 15) is 13.2 Å². The highest BCUT2D eigenvalue weighted by Gasteiger charge is 2.39. The van der Waals surface area contributed by atoms with Crippen molar-refractivity contribution in [1.82, 2.24) is 9.62 Å². The Bertz CT molecular complexity index is 866. The third kappa shape index (κ3) is 4.91. The highest BCUT2D eigenvalue weighted by Crippen LogP contribution is 2.28. The molecule has 9 heteroatoms. The molecule has 1 N–H and O–H groups in total. The number of rotatable bonds is 9. The van der Waals surface area contributed by atoms with Crippen LogP contribution in [0.2, 0.25) is 0 Å². The Morgan fingerprint density at radius 3 is 2.71 bits per heavy atom. The lowest BCUT2D eigenvalue weighted by molar-refractivity contribution is -0.124. The van der Waals surface area contributed by atoms with E-state index in [2.05, 4.69) is 5.32 Å². The third-order valence-electron chi connectivity index (χ3n) is 4.51. The van der Waals surface area contributed by atoms with Crippen LogP contribution in [0.25, 0.3) is 0 Å². The fourth-order valence-corrected chi connectivity index (χ4v) is 5.85. The van der Waals surface area contributed by atoms with Crippen LogP contribution in [0.1, 0.15) is 18.4 Å². The monoisotopic (exact) mass is 424 g/mol. The molecule has 1 atom stereocenters. The Balaban J connectivity index is 1.57. The van der Waals surface area contributed by atoms with Crippen LogP contribution in [0.3, 0.4) is 0 Å². The maximum atomic E-state index is 12.8. The van der Waals surface area contributed by atoms with Crippen molar-refractivity contribution in [3.05, 3.63) is 47.3 Å². The molecule has 3 rings (SSSR count). The van der Waals surface area contributed by atoms with Gasteiger partial charge in [0.1, 0.15) is 22.6 Å². The number of ether oxygens (including phenoxy) is 2. The molecule has 2 aromatic rings. The first-order valence-corrected chi connectivity index (χ1v) is 11.4. The molecule has 1 saturated heterocycles. The van der Waals surface area contributed by atoms with E-state index in [0.29, 0.717) is 39.1 Å². The number of sulfonamides is 1. The van der Waals surface area contributed by atoms with Gasteiger partial charge in [0.05, 0.1) is 6.61 Å². The molecule has 1 fully saturated rings. The highest BCUT2D eigenvalue weighted by atomic mass is 32.2. The molecule has 1 aromatic carbocycles. The molecule has 1 unspecified atom stereocenters. The van der Waals surface area contributed by atoms with Gasteiger partial charge in [-0.2, -0.15) is 4.31 Å². The minimum Gasteiger partial charge on any atom is -0.491 e. The normalized spacial score (nSPS) is 17.5. The van der Waals surface area contributed by atoms with E-state index >= 15 is 0 Å². The van der Waals surface area contributed by atoms with E-state index in [0.717, 1.165) is 11.3 Å². The second-order valence-corrected chi connectivity index (χ2v) is 9.47. The molecular weight excluding hydrogens is 400 g/mol. The van der Waals surface area contributed by atoms with E-state index in [1.807, 2.05) is 24.3 Å². The van der Waals surface area contributed by atoms with Gasteiger partial charge in [-0.25, -0.2) is 8.42 Å². The summed E-state index contributed by atoms with van der Waals surface area (Å²) in [5.74, 6) is 0.467. The zero-order chi connectivity index (χ0) is 20.0. The minimum absolute atomic E-state index is 0.266. The van der Waals surface area contributed by atoms with Crippen LogP contribution in [0.5, 0.6) is 5.75 Å². The number of amides is 1. The minimum atomic E-state index is -3.63. The topological polar surface area (TPSA) is 84.9 Å². The summed E-state index contributed by atoms with van der Waals surface area (Å²) in [5, 5.41) is 4.58. The molecular formula is C19H24N2O5S2. The molecule has 0 aliphatic carbocycles. The van der Waals surface area contributed by atoms with Crippen molar-refractivity contribution in [1.29, 1.82) is 0 Å². The van der Waals surface area contributed by atoms with E-state index in [4.69, 9.17) is 9.47 Å². The standard InChI is InChI=1S/C19H24N2O5S2/c1-25-11-12-26-16-8-6-15(7-9-16)14-20-19(22)17-4-2-10-21(17)28(23,24)18-5-3-13-27-18/h3,5-9,13,17H,2,4,10-12,14H2,1H3,(H,20,22). The lowest BCUT2D eigenvalue weighted by atomic mass is 10.2. The summed E-state index contributed by atoms with van der Waals surface area (Å²) in [6.07, 6.45) is 1.21. The van der Waals surface area contributed by atoms with Crippen molar-refractivity contribution in [3.63, 3.8) is 0 Å². The van der Waals surface area contributed by atoms with Gasteiger partial charge < -0.3 is 14.8 Å². The zero-order valence-corrected chi connectivity index (χ0v) is 17.3. The molecule has 0 bridgehead atoms. The molecule has 28 heavy (non-hydrogen) atoms. The molecule has 1 aliphatic heterocycles. The molecule has 1 aliphatic rings. The Morgan fingerprint density at radius 2 is 2.04 bits per heavy atom. The first kappa shape index (κ1) is 20.8. The number of thiophene rings is 1. The van der Waals surface area contributed by atoms with Crippen molar-refractivity contribution >= 4 is 27.3 Å². The maximum absolute atomic E-state index is 12.8. The van der Waals surface area contributed by atoms with Crippen LogP contribution in [-0.2, 0) is 26.1 Å². The van der Waals surface area contributed by atoms with Crippen molar-refractivity contribution < 1.29 is 22.7 Å². The van der Waals surface area contributed by atoms with Crippen molar-refractivity contribution in [2.75, 3.05) is 26.9 Å². The number of carbonyl (C=O) groups is 1. The molecule has 2 heterocycles. The maximum Gasteiger partial charge on any atom is 0.253 e. The summed E-state index contributed by atoms with van der Waals surface area (Å²) in [5.41, 5.74) is 0.915. The lowest BCUT2D eigenvalue weighted by Gasteiger charge is -2.22. The van der Waals surface area contributed by atoms with Crippen LogP contribution in [-0.4, -0.2) is 51.5 Å². The predicted molar refractivity (Wildman–Crippen MR) is 107 cm³/mol. The van der Waals surface area contributed by atoms with Crippen LogP contribution < -0.4 is 10.1 Å². The van der Waals surface area contributed by atoms with Crippen LogP contribution in [0.4, 0.5) is 0 Å². The molecule has 0 radical (unpaired) electrons. The largest absolute Gasteiger partial charge is 0.491 e.